The molecule has 0 aliphatic heterocycles. The van der Waals surface area contributed by atoms with Gasteiger partial charge in [-0.2, -0.15) is 5.10 Å². The number of anilines is 1. The smallest absolute Gasteiger partial charge is 0.319 e. The first-order valence-electron chi connectivity index (χ1n) is 8.32. The molecular formula is C17H23N5O2. The summed E-state index contributed by atoms with van der Waals surface area (Å²) >= 11 is 0. The number of amides is 2. The van der Waals surface area contributed by atoms with Crippen LogP contribution in [-0.4, -0.2) is 38.0 Å². The van der Waals surface area contributed by atoms with Gasteiger partial charge in [0, 0.05) is 12.2 Å². The summed E-state index contributed by atoms with van der Waals surface area (Å²) in [6.45, 7) is 0.810. The SMILES string of the molecule is O=C(NCC1(O)CCCCC1)Nc1ccccc1Cn1cncn1. The van der Waals surface area contributed by atoms with Gasteiger partial charge >= 0.3 is 6.03 Å². The number of carbonyl (C=O) groups excluding carboxylic acids is 1. The van der Waals surface area contributed by atoms with Crippen molar-refractivity contribution in [1.82, 2.24) is 20.1 Å². The standard InChI is InChI=1S/C17H23N5O2/c23-16(19-11-17(24)8-4-1-5-9-17)21-15-7-3-2-6-14(15)10-22-13-18-12-20-22/h2-3,6-7,12-13,24H,1,4-5,8-11H2,(H2,19,21,23). The molecule has 3 N–H and O–H groups in total. The predicted octanol–water partition coefficient (Wildman–Crippen LogP) is 2.14. The molecule has 1 aromatic carbocycles. The molecule has 2 amide bonds. The van der Waals surface area contributed by atoms with E-state index in [4.69, 9.17) is 0 Å². The molecule has 1 aromatic heterocycles. The second-order valence-corrected chi connectivity index (χ2v) is 6.34. The van der Waals surface area contributed by atoms with Crippen LogP contribution in [0.2, 0.25) is 0 Å². The van der Waals surface area contributed by atoms with Gasteiger partial charge in [0.2, 0.25) is 0 Å². The maximum Gasteiger partial charge on any atom is 0.319 e. The second kappa shape index (κ2) is 7.44. The van der Waals surface area contributed by atoms with Crippen molar-refractivity contribution in [2.75, 3.05) is 11.9 Å². The molecule has 7 nitrogen and oxygen atoms in total. The third-order valence-electron chi connectivity index (χ3n) is 4.43. The van der Waals surface area contributed by atoms with Gasteiger partial charge in [-0.1, -0.05) is 37.5 Å². The first-order valence-corrected chi connectivity index (χ1v) is 8.32. The summed E-state index contributed by atoms with van der Waals surface area (Å²) in [5, 5.41) is 20.2. The van der Waals surface area contributed by atoms with E-state index in [0.29, 0.717) is 6.54 Å². The molecule has 1 aliphatic carbocycles. The number of aromatic nitrogens is 3. The number of nitrogens with zero attached hydrogens (tertiary/aromatic N) is 3. The van der Waals surface area contributed by atoms with E-state index < -0.39 is 5.60 Å². The van der Waals surface area contributed by atoms with E-state index >= 15 is 0 Å². The number of para-hydroxylation sites is 1. The van der Waals surface area contributed by atoms with Crippen LogP contribution in [0.15, 0.2) is 36.9 Å². The van der Waals surface area contributed by atoms with Crippen molar-refractivity contribution in [2.24, 2.45) is 0 Å². The Kier molecular flexibility index (Phi) is 5.10. The minimum absolute atomic E-state index is 0.282. The van der Waals surface area contributed by atoms with Gasteiger partial charge in [-0.15, -0.1) is 0 Å². The molecule has 0 spiro atoms. The van der Waals surface area contributed by atoms with Crippen LogP contribution in [0.25, 0.3) is 0 Å². The van der Waals surface area contributed by atoms with E-state index in [1.54, 1.807) is 11.0 Å². The van der Waals surface area contributed by atoms with Crippen LogP contribution in [0.1, 0.15) is 37.7 Å². The molecule has 0 radical (unpaired) electrons. The molecule has 128 valence electrons. The molecule has 2 aromatic rings. The Morgan fingerprint density at radius 3 is 2.79 bits per heavy atom. The Labute approximate surface area is 141 Å². The first-order chi connectivity index (χ1) is 11.6. The molecule has 0 atom stereocenters. The van der Waals surface area contributed by atoms with Gasteiger partial charge in [0.05, 0.1) is 12.1 Å². The number of hydrogen-bond donors (Lipinski definition) is 3. The number of hydrogen-bond acceptors (Lipinski definition) is 4. The largest absolute Gasteiger partial charge is 0.388 e. The zero-order valence-corrected chi connectivity index (χ0v) is 13.6. The van der Waals surface area contributed by atoms with E-state index in [-0.39, 0.29) is 12.6 Å². The molecule has 7 heteroatoms. The van der Waals surface area contributed by atoms with Crippen molar-refractivity contribution in [2.45, 2.75) is 44.2 Å². The number of nitrogens with one attached hydrogen (secondary N) is 2. The van der Waals surface area contributed by atoms with E-state index in [2.05, 4.69) is 20.7 Å². The lowest BCUT2D eigenvalue weighted by Crippen LogP contribution is -2.45. The van der Waals surface area contributed by atoms with Gasteiger partial charge in [-0.05, 0) is 24.5 Å². The highest BCUT2D eigenvalue weighted by Gasteiger charge is 2.29. The molecule has 3 rings (SSSR count). The van der Waals surface area contributed by atoms with E-state index in [9.17, 15) is 9.90 Å². The summed E-state index contributed by atoms with van der Waals surface area (Å²) in [6.07, 6.45) is 7.79. The number of urea groups is 1. The summed E-state index contributed by atoms with van der Waals surface area (Å²) in [4.78, 5) is 16.1. The fourth-order valence-electron chi connectivity index (χ4n) is 3.07. The highest BCUT2D eigenvalue weighted by atomic mass is 16.3. The fourth-order valence-corrected chi connectivity index (χ4v) is 3.07. The van der Waals surface area contributed by atoms with E-state index in [1.165, 1.54) is 6.33 Å². The Bertz CT molecular complexity index is 665. The quantitative estimate of drug-likeness (QED) is 0.783. The molecule has 0 saturated heterocycles. The fraction of sp³-hybridized carbons (Fsp3) is 0.471. The summed E-state index contributed by atoms with van der Waals surface area (Å²) in [6, 6.07) is 7.27. The topological polar surface area (TPSA) is 92.1 Å². The molecule has 24 heavy (non-hydrogen) atoms. The minimum atomic E-state index is -0.768. The van der Waals surface area contributed by atoms with Crippen LogP contribution in [0.3, 0.4) is 0 Å². The van der Waals surface area contributed by atoms with Crippen LogP contribution in [0.4, 0.5) is 10.5 Å². The van der Waals surface area contributed by atoms with E-state index in [0.717, 1.165) is 43.4 Å². The monoisotopic (exact) mass is 329 g/mol. The van der Waals surface area contributed by atoms with Crippen LogP contribution in [0, 0.1) is 0 Å². The van der Waals surface area contributed by atoms with Crippen molar-refractivity contribution in [1.29, 1.82) is 0 Å². The van der Waals surface area contributed by atoms with Gasteiger partial charge in [-0.3, -0.25) is 0 Å². The Balaban J connectivity index is 1.58. The first kappa shape index (κ1) is 16.4. The third-order valence-corrected chi connectivity index (χ3v) is 4.43. The van der Waals surface area contributed by atoms with Crippen molar-refractivity contribution in [3.05, 3.63) is 42.5 Å². The predicted molar refractivity (Wildman–Crippen MR) is 90.6 cm³/mol. The average molecular weight is 329 g/mol. The third kappa shape index (κ3) is 4.32. The Hall–Kier alpha value is -2.41. The van der Waals surface area contributed by atoms with E-state index in [1.807, 2.05) is 24.3 Å². The van der Waals surface area contributed by atoms with Crippen LogP contribution < -0.4 is 10.6 Å². The Morgan fingerprint density at radius 2 is 2.04 bits per heavy atom. The van der Waals surface area contributed by atoms with Gasteiger partial charge in [0.1, 0.15) is 12.7 Å². The van der Waals surface area contributed by atoms with Crippen molar-refractivity contribution < 1.29 is 9.90 Å². The second-order valence-electron chi connectivity index (χ2n) is 6.34. The highest BCUT2D eigenvalue weighted by molar-refractivity contribution is 5.90. The molecule has 0 bridgehead atoms. The lowest BCUT2D eigenvalue weighted by molar-refractivity contribution is 0.00755. The minimum Gasteiger partial charge on any atom is -0.388 e. The zero-order valence-electron chi connectivity index (χ0n) is 13.6. The van der Waals surface area contributed by atoms with Crippen LogP contribution >= 0.6 is 0 Å². The highest BCUT2D eigenvalue weighted by Crippen LogP contribution is 2.27. The number of rotatable bonds is 5. The number of aliphatic hydroxyl groups is 1. The summed E-state index contributed by atoms with van der Waals surface area (Å²) in [5.74, 6) is 0. The number of benzene rings is 1. The average Bonchev–Trinajstić information content (AvgIpc) is 3.09. The van der Waals surface area contributed by atoms with Crippen molar-refractivity contribution >= 4 is 11.7 Å². The lowest BCUT2D eigenvalue weighted by atomic mass is 9.85. The normalized spacial score (nSPS) is 16.5. The number of carbonyl (C=O) groups is 1. The Morgan fingerprint density at radius 1 is 1.25 bits per heavy atom. The van der Waals surface area contributed by atoms with Crippen LogP contribution in [-0.2, 0) is 6.54 Å². The molecule has 1 fully saturated rings. The summed E-state index contributed by atoms with van der Waals surface area (Å²) in [7, 11) is 0. The maximum absolute atomic E-state index is 12.2. The van der Waals surface area contributed by atoms with Gasteiger partial charge in [-0.25, -0.2) is 14.5 Å². The lowest BCUT2D eigenvalue weighted by Gasteiger charge is -2.32. The van der Waals surface area contributed by atoms with Gasteiger partial charge < -0.3 is 15.7 Å². The molecule has 1 aliphatic rings. The molecule has 0 unspecified atom stereocenters. The molecule has 1 saturated carbocycles. The van der Waals surface area contributed by atoms with Gasteiger partial charge in [0.15, 0.2) is 0 Å². The molecule has 1 heterocycles. The molecular weight excluding hydrogens is 306 g/mol. The van der Waals surface area contributed by atoms with Crippen LogP contribution in [0.5, 0.6) is 0 Å². The van der Waals surface area contributed by atoms with Crippen molar-refractivity contribution in [3.8, 4) is 0 Å². The summed E-state index contributed by atoms with van der Waals surface area (Å²) in [5.41, 5.74) is 0.895. The van der Waals surface area contributed by atoms with Crippen molar-refractivity contribution in [3.63, 3.8) is 0 Å². The van der Waals surface area contributed by atoms with Gasteiger partial charge in [0.25, 0.3) is 0 Å². The summed E-state index contributed by atoms with van der Waals surface area (Å²) < 4.78 is 1.70. The zero-order chi connectivity index (χ0) is 16.8. The maximum atomic E-state index is 12.2.